The van der Waals surface area contributed by atoms with Crippen molar-refractivity contribution >= 4 is 11.8 Å². The van der Waals surface area contributed by atoms with E-state index in [1.807, 2.05) is 43.5 Å². The number of thioether (sulfide) groups is 1. The standard InChI is InChI=1S/C21H22F3N3OS/c1-4-27-19(12-28-18-10-5-7-14(2)15(18)3)25-26-20(27)29-13-16-8-6-9-17(11-16)21(22,23)24/h5-11H,4,12-13H2,1-3H3. The molecule has 0 amide bonds. The summed E-state index contributed by atoms with van der Waals surface area (Å²) in [6.45, 7) is 6.92. The van der Waals surface area contributed by atoms with Gasteiger partial charge in [0.25, 0.3) is 0 Å². The maximum atomic E-state index is 12.9. The van der Waals surface area contributed by atoms with E-state index in [0.717, 1.165) is 22.9 Å². The number of ether oxygens (including phenoxy) is 1. The second-order valence-electron chi connectivity index (χ2n) is 6.62. The molecule has 2 aromatic carbocycles. The normalized spacial score (nSPS) is 11.7. The van der Waals surface area contributed by atoms with Gasteiger partial charge < -0.3 is 9.30 Å². The Kier molecular flexibility index (Phi) is 6.52. The van der Waals surface area contributed by atoms with Crippen molar-refractivity contribution in [2.24, 2.45) is 0 Å². The summed E-state index contributed by atoms with van der Waals surface area (Å²) >= 11 is 1.36. The summed E-state index contributed by atoms with van der Waals surface area (Å²) in [5.41, 5.74) is 2.17. The van der Waals surface area contributed by atoms with Crippen LogP contribution in [0.3, 0.4) is 0 Å². The Bertz CT molecular complexity index is 986. The van der Waals surface area contributed by atoms with Gasteiger partial charge in [0, 0.05) is 12.3 Å². The minimum Gasteiger partial charge on any atom is -0.485 e. The molecular formula is C21H22F3N3OS. The van der Waals surface area contributed by atoms with E-state index >= 15 is 0 Å². The maximum Gasteiger partial charge on any atom is 0.416 e. The number of rotatable bonds is 7. The van der Waals surface area contributed by atoms with Crippen molar-refractivity contribution in [3.63, 3.8) is 0 Å². The summed E-state index contributed by atoms with van der Waals surface area (Å²) < 4.78 is 46.5. The fraction of sp³-hybridized carbons (Fsp3) is 0.333. The topological polar surface area (TPSA) is 39.9 Å². The third kappa shape index (κ3) is 5.12. The Morgan fingerprint density at radius 2 is 1.83 bits per heavy atom. The predicted octanol–water partition coefficient (Wildman–Crippen LogP) is 5.80. The minimum absolute atomic E-state index is 0.273. The lowest BCUT2D eigenvalue weighted by molar-refractivity contribution is -0.137. The summed E-state index contributed by atoms with van der Waals surface area (Å²) in [6, 6.07) is 11.2. The monoisotopic (exact) mass is 421 g/mol. The highest BCUT2D eigenvalue weighted by molar-refractivity contribution is 7.98. The number of aryl methyl sites for hydroxylation is 1. The first-order chi connectivity index (χ1) is 13.8. The fourth-order valence-corrected chi connectivity index (χ4v) is 3.82. The van der Waals surface area contributed by atoms with Crippen LogP contribution in [0.15, 0.2) is 47.6 Å². The van der Waals surface area contributed by atoms with Gasteiger partial charge >= 0.3 is 6.18 Å². The number of alkyl halides is 3. The van der Waals surface area contributed by atoms with E-state index in [1.54, 1.807) is 6.07 Å². The first-order valence-electron chi connectivity index (χ1n) is 9.19. The van der Waals surface area contributed by atoms with Crippen molar-refractivity contribution in [1.29, 1.82) is 0 Å². The highest BCUT2D eigenvalue weighted by Gasteiger charge is 2.30. The van der Waals surface area contributed by atoms with E-state index in [2.05, 4.69) is 10.2 Å². The van der Waals surface area contributed by atoms with E-state index < -0.39 is 11.7 Å². The SMILES string of the molecule is CCn1c(COc2cccc(C)c2C)nnc1SCc1cccc(C(F)(F)F)c1. The second-order valence-corrected chi connectivity index (χ2v) is 7.56. The third-order valence-electron chi connectivity index (χ3n) is 4.64. The molecule has 0 saturated heterocycles. The van der Waals surface area contributed by atoms with E-state index in [1.165, 1.54) is 23.9 Å². The van der Waals surface area contributed by atoms with E-state index in [-0.39, 0.29) is 6.61 Å². The molecule has 4 nitrogen and oxygen atoms in total. The molecule has 3 aromatic rings. The summed E-state index contributed by atoms with van der Waals surface area (Å²) in [5, 5.41) is 9.07. The number of aromatic nitrogens is 3. The largest absolute Gasteiger partial charge is 0.485 e. The molecule has 154 valence electrons. The van der Waals surface area contributed by atoms with Gasteiger partial charge in [0.2, 0.25) is 0 Å². The van der Waals surface area contributed by atoms with Crippen molar-refractivity contribution in [2.75, 3.05) is 0 Å². The zero-order valence-electron chi connectivity index (χ0n) is 16.5. The van der Waals surface area contributed by atoms with Crippen molar-refractivity contribution in [1.82, 2.24) is 14.8 Å². The smallest absolute Gasteiger partial charge is 0.416 e. The molecular weight excluding hydrogens is 399 g/mol. The second kappa shape index (κ2) is 8.90. The first kappa shape index (κ1) is 21.2. The zero-order chi connectivity index (χ0) is 21.0. The van der Waals surface area contributed by atoms with Gasteiger partial charge in [-0.2, -0.15) is 13.2 Å². The van der Waals surface area contributed by atoms with Gasteiger partial charge in [-0.1, -0.05) is 42.1 Å². The molecule has 0 aliphatic carbocycles. The van der Waals surface area contributed by atoms with Gasteiger partial charge in [-0.15, -0.1) is 10.2 Å². The van der Waals surface area contributed by atoms with Gasteiger partial charge in [-0.25, -0.2) is 0 Å². The summed E-state index contributed by atoms with van der Waals surface area (Å²) in [6.07, 6.45) is -4.34. The lowest BCUT2D eigenvalue weighted by Gasteiger charge is -2.12. The summed E-state index contributed by atoms with van der Waals surface area (Å²) in [7, 11) is 0. The molecule has 0 N–H and O–H groups in total. The van der Waals surface area contributed by atoms with Crippen molar-refractivity contribution in [3.8, 4) is 5.75 Å². The number of halogens is 3. The van der Waals surface area contributed by atoms with Crippen molar-refractivity contribution in [2.45, 2.75) is 51.0 Å². The minimum atomic E-state index is -4.34. The van der Waals surface area contributed by atoms with Crippen LogP contribution in [0.5, 0.6) is 5.75 Å². The molecule has 3 rings (SSSR count). The maximum absolute atomic E-state index is 12.9. The number of hydrogen-bond donors (Lipinski definition) is 0. The van der Waals surface area contributed by atoms with Crippen LogP contribution in [0.25, 0.3) is 0 Å². The van der Waals surface area contributed by atoms with Gasteiger partial charge in [0.1, 0.15) is 12.4 Å². The van der Waals surface area contributed by atoms with Gasteiger partial charge in [-0.05, 0) is 49.6 Å². The lowest BCUT2D eigenvalue weighted by Crippen LogP contribution is -2.08. The number of benzene rings is 2. The Morgan fingerprint density at radius 1 is 1.07 bits per heavy atom. The Hall–Kier alpha value is -2.48. The molecule has 1 heterocycles. The van der Waals surface area contributed by atoms with Gasteiger partial charge in [0.05, 0.1) is 5.56 Å². The third-order valence-corrected chi connectivity index (χ3v) is 5.68. The van der Waals surface area contributed by atoms with Crippen molar-refractivity contribution < 1.29 is 17.9 Å². The Labute approximate surface area is 172 Å². The van der Waals surface area contributed by atoms with Crippen LogP contribution in [0, 0.1) is 13.8 Å². The summed E-state index contributed by atoms with van der Waals surface area (Å²) in [5.74, 6) is 1.86. The van der Waals surface area contributed by atoms with Gasteiger partial charge in [-0.3, -0.25) is 0 Å². The van der Waals surface area contributed by atoms with Crippen LogP contribution in [0.1, 0.15) is 35.0 Å². The van der Waals surface area contributed by atoms with Crippen LogP contribution in [-0.4, -0.2) is 14.8 Å². The molecule has 0 bridgehead atoms. The van der Waals surface area contributed by atoms with Crippen LogP contribution in [0.2, 0.25) is 0 Å². The quantitative estimate of drug-likeness (QED) is 0.452. The molecule has 29 heavy (non-hydrogen) atoms. The van der Waals surface area contributed by atoms with Crippen LogP contribution >= 0.6 is 11.8 Å². The number of nitrogens with zero attached hydrogens (tertiary/aromatic N) is 3. The van der Waals surface area contributed by atoms with E-state index in [4.69, 9.17) is 4.74 Å². The highest BCUT2D eigenvalue weighted by atomic mass is 32.2. The molecule has 0 radical (unpaired) electrons. The molecule has 0 aliphatic rings. The Morgan fingerprint density at radius 3 is 2.55 bits per heavy atom. The lowest BCUT2D eigenvalue weighted by atomic mass is 10.1. The summed E-state index contributed by atoms with van der Waals surface area (Å²) in [4.78, 5) is 0. The molecule has 0 atom stereocenters. The van der Waals surface area contributed by atoms with Crippen LogP contribution < -0.4 is 4.74 Å². The van der Waals surface area contributed by atoms with Crippen molar-refractivity contribution in [3.05, 3.63) is 70.5 Å². The molecule has 0 spiro atoms. The molecule has 0 fully saturated rings. The Balaban J connectivity index is 1.69. The first-order valence-corrected chi connectivity index (χ1v) is 10.2. The predicted molar refractivity (Wildman–Crippen MR) is 107 cm³/mol. The molecule has 0 saturated carbocycles. The van der Waals surface area contributed by atoms with E-state index in [0.29, 0.717) is 28.8 Å². The van der Waals surface area contributed by atoms with Gasteiger partial charge in [0.15, 0.2) is 11.0 Å². The molecule has 0 unspecified atom stereocenters. The molecule has 1 aromatic heterocycles. The average Bonchev–Trinajstić information content (AvgIpc) is 3.09. The van der Waals surface area contributed by atoms with Crippen LogP contribution in [-0.2, 0) is 25.1 Å². The van der Waals surface area contributed by atoms with E-state index in [9.17, 15) is 13.2 Å². The molecule has 0 aliphatic heterocycles. The van der Waals surface area contributed by atoms with Crippen LogP contribution in [0.4, 0.5) is 13.2 Å². The average molecular weight is 421 g/mol. The fourth-order valence-electron chi connectivity index (χ4n) is 2.86. The zero-order valence-corrected chi connectivity index (χ0v) is 17.3. The highest BCUT2D eigenvalue weighted by Crippen LogP contribution is 2.31. The number of hydrogen-bond acceptors (Lipinski definition) is 4. The molecule has 8 heteroatoms.